The molecule has 2 heterocycles. The molecule has 0 saturated carbocycles. The number of hydrogen-bond acceptors (Lipinski definition) is 2. The third-order valence-electron chi connectivity index (χ3n) is 11.7. The molecule has 1 aliphatic rings. The van der Waals surface area contributed by atoms with Gasteiger partial charge in [0, 0.05) is 27.5 Å². The van der Waals surface area contributed by atoms with Crippen molar-refractivity contribution in [3.63, 3.8) is 0 Å². The predicted molar refractivity (Wildman–Crippen MR) is 239 cm³/mol. The van der Waals surface area contributed by atoms with Crippen LogP contribution in [0.2, 0.25) is 0 Å². The van der Waals surface area contributed by atoms with Gasteiger partial charge < -0.3 is 4.57 Å². The maximum absolute atomic E-state index is 15.4. The van der Waals surface area contributed by atoms with Crippen molar-refractivity contribution < 1.29 is 9.59 Å². The number of hydrogen-bond donors (Lipinski definition) is 0. The first-order valence-corrected chi connectivity index (χ1v) is 19.8. The van der Waals surface area contributed by atoms with Crippen LogP contribution >= 0.6 is 0 Å². The topological polar surface area (TPSA) is 42.3 Å². The lowest BCUT2D eigenvalue weighted by Gasteiger charge is -2.20. The monoisotopic (exact) mass is 748 g/mol. The van der Waals surface area contributed by atoms with Crippen molar-refractivity contribution in [2.75, 3.05) is 4.90 Å². The minimum absolute atomic E-state index is 0.339. The molecule has 1 aliphatic heterocycles. The summed E-state index contributed by atoms with van der Waals surface area (Å²) in [4.78, 5) is 31.7. The zero-order chi connectivity index (χ0) is 39.7. The average molecular weight is 749 g/mol. The van der Waals surface area contributed by atoms with Crippen LogP contribution in [0.4, 0.5) is 5.69 Å². The van der Waals surface area contributed by atoms with Crippen LogP contribution in [0.5, 0.6) is 0 Å². The summed E-state index contributed by atoms with van der Waals surface area (Å²) >= 11 is 0. The maximum Gasteiger partial charge on any atom is 0.268 e. The molecule has 2 amide bonds. The Kier molecular flexibility index (Phi) is 8.31. The number of benzene rings is 8. The molecule has 9 aromatic rings. The van der Waals surface area contributed by atoms with Crippen LogP contribution in [0, 0.1) is 27.7 Å². The highest BCUT2D eigenvalue weighted by atomic mass is 16.2. The Hall–Kier alpha value is -7.30. The molecular weight excluding hydrogens is 709 g/mol. The molecule has 8 aromatic carbocycles. The Balaban J connectivity index is 1.27. The summed E-state index contributed by atoms with van der Waals surface area (Å²) in [5.41, 5.74) is 16.7. The largest absolute Gasteiger partial charge is 0.307 e. The lowest BCUT2D eigenvalue weighted by atomic mass is 9.95. The summed E-state index contributed by atoms with van der Waals surface area (Å²) < 4.78 is 2.26. The predicted octanol–water partition coefficient (Wildman–Crippen LogP) is 13.5. The van der Waals surface area contributed by atoms with E-state index in [-0.39, 0.29) is 11.8 Å². The number of amides is 2. The minimum Gasteiger partial charge on any atom is -0.307 e. The smallest absolute Gasteiger partial charge is 0.268 e. The van der Waals surface area contributed by atoms with Crippen LogP contribution in [0.25, 0.3) is 72.0 Å². The van der Waals surface area contributed by atoms with E-state index in [1.165, 1.54) is 27.2 Å². The molecule has 0 saturated heterocycles. The number of aryl methyl sites for hydroxylation is 4. The van der Waals surface area contributed by atoms with Crippen molar-refractivity contribution in [1.82, 2.24) is 4.57 Å². The zero-order valence-corrected chi connectivity index (χ0v) is 32.9. The number of carbonyl (C=O) groups is 2. The van der Waals surface area contributed by atoms with Gasteiger partial charge in [-0.3, -0.25) is 9.59 Å². The van der Waals surface area contributed by atoms with E-state index >= 15 is 4.79 Å². The molecule has 0 fully saturated rings. The molecule has 10 rings (SSSR count). The van der Waals surface area contributed by atoms with Crippen LogP contribution in [0.15, 0.2) is 170 Å². The normalized spacial score (nSPS) is 12.5. The van der Waals surface area contributed by atoms with Crippen molar-refractivity contribution in [2.24, 2.45) is 0 Å². The van der Waals surface area contributed by atoms with Gasteiger partial charge in [-0.25, -0.2) is 4.90 Å². The second kappa shape index (κ2) is 13.7. The van der Waals surface area contributed by atoms with E-state index in [9.17, 15) is 4.79 Å². The van der Waals surface area contributed by atoms with Crippen LogP contribution in [0.3, 0.4) is 0 Å². The Morgan fingerprint density at radius 3 is 1.45 bits per heavy atom. The number of rotatable bonds is 6. The number of carbonyl (C=O) groups excluding carboxylic acids is 2. The van der Waals surface area contributed by atoms with E-state index in [1.54, 1.807) is 6.07 Å². The number of para-hydroxylation sites is 2. The molecular formula is C54H40N2O2. The third kappa shape index (κ3) is 5.52. The van der Waals surface area contributed by atoms with E-state index < -0.39 is 0 Å². The first kappa shape index (κ1) is 35.1. The van der Waals surface area contributed by atoms with Crippen molar-refractivity contribution >= 4 is 39.3 Å². The van der Waals surface area contributed by atoms with Gasteiger partial charge in [-0.2, -0.15) is 0 Å². The van der Waals surface area contributed by atoms with Crippen molar-refractivity contribution in [1.29, 1.82) is 0 Å². The van der Waals surface area contributed by atoms with Crippen LogP contribution in [0.1, 0.15) is 43.0 Å². The van der Waals surface area contributed by atoms with Crippen LogP contribution in [-0.4, -0.2) is 16.4 Å². The molecule has 0 spiro atoms. The molecule has 4 nitrogen and oxygen atoms in total. The number of fused-ring (bicyclic) bond motifs is 4. The zero-order valence-electron chi connectivity index (χ0n) is 32.9. The van der Waals surface area contributed by atoms with E-state index in [0.717, 1.165) is 66.3 Å². The molecule has 278 valence electrons. The summed E-state index contributed by atoms with van der Waals surface area (Å²) in [5.74, 6) is -0.685. The fourth-order valence-electron chi connectivity index (χ4n) is 9.08. The quantitative estimate of drug-likeness (QED) is 0.159. The lowest BCUT2D eigenvalue weighted by Crippen LogP contribution is -2.30. The van der Waals surface area contributed by atoms with Gasteiger partial charge in [0.15, 0.2) is 0 Å². The Morgan fingerprint density at radius 2 is 0.879 bits per heavy atom. The standard InChI is InChI=1S/C54H40N2O2/c1-33-24-27-40(35(3)30-33)43-18-11-20-45-46-21-12-19-44(41-28-25-34(2)31-36(41)4)52(46)55(51(43)45)48-23-13-22-47-50(48)54(58)56(53(47)57)49-32-39(37-14-7-5-8-15-37)26-29-42(49)38-16-9-6-10-17-38/h5-32H,1-4H3. The lowest BCUT2D eigenvalue weighted by molar-refractivity contribution is 0.0926. The Morgan fingerprint density at radius 1 is 0.362 bits per heavy atom. The molecule has 0 bridgehead atoms. The van der Waals surface area contributed by atoms with Gasteiger partial charge in [0.1, 0.15) is 0 Å². The number of nitrogens with zero attached hydrogens (tertiary/aromatic N) is 2. The first-order chi connectivity index (χ1) is 28.3. The van der Waals surface area contributed by atoms with E-state index in [0.29, 0.717) is 22.5 Å². The molecule has 1 aromatic heterocycles. The number of imide groups is 1. The van der Waals surface area contributed by atoms with Gasteiger partial charge >= 0.3 is 0 Å². The van der Waals surface area contributed by atoms with Gasteiger partial charge in [-0.05, 0) is 84.8 Å². The fourth-order valence-corrected chi connectivity index (χ4v) is 9.08. The SMILES string of the molecule is Cc1ccc(-c2cccc3c4cccc(-c5ccc(C)cc5C)c4n(-c4cccc5c4C(=O)N(c4cc(-c6ccccc6)ccc4-c4ccccc4)C5=O)c23)c(C)c1. The highest BCUT2D eigenvalue weighted by molar-refractivity contribution is 6.37. The Labute approximate surface area is 338 Å². The molecule has 0 aliphatic carbocycles. The summed E-state index contributed by atoms with van der Waals surface area (Å²) in [5, 5.41) is 2.15. The summed E-state index contributed by atoms with van der Waals surface area (Å²) in [6, 6.07) is 57.9. The Bertz CT molecular complexity index is 3030. The maximum atomic E-state index is 15.4. The molecule has 0 unspecified atom stereocenters. The van der Waals surface area contributed by atoms with Crippen LogP contribution < -0.4 is 4.90 Å². The van der Waals surface area contributed by atoms with Gasteiger partial charge in [-0.1, -0.05) is 163 Å². The van der Waals surface area contributed by atoms with Crippen molar-refractivity contribution in [2.45, 2.75) is 27.7 Å². The average Bonchev–Trinajstić information content (AvgIpc) is 3.72. The summed E-state index contributed by atoms with van der Waals surface area (Å²) in [6.07, 6.45) is 0. The molecule has 0 atom stereocenters. The molecule has 58 heavy (non-hydrogen) atoms. The second-order valence-electron chi connectivity index (χ2n) is 15.5. The third-order valence-corrected chi connectivity index (χ3v) is 11.7. The number of anilines is 1. The van der Waals surface area contributed by atoms with Gasteiger partial charge in [0.05, 0.1) is 33.5 Å². The second-order valence-corrected chi connectivity index (χ2v) is 15.5. The first-order valence-electron chi connectivity index (χ1n) is 19.8. The molecule has 0 N–H and O–H groups in total. The van der Waals surface area contributed by atoms with Gasteiger partial charge in [0.2, 0.25) is 0 Å². The highest BCUT2D eigenvalue weighted by Gasteiger charge is 2.41. The molecule has 0 radical (unpaired) electrons. The van der Waals surface area contributed by atoms with Crippen molar-refractivity contribution in [3.8, 4) is 50.2 Å². The van der Waals surface area contributed by atoms with Crippen LogP contribution in [-0.2, 0) is 0 Å². The van der Waals surface area contributed by atoms with E-state index in [1.807, 2.05) is 84.9 Å². The van der Waals surface area contributed by atoms with Crippen molar-refractivity contribution in [3.05, 3.63) is 203 Å². The molecule has 4 heteroatoms. The highest BCUT2D eigenvalue weighted by Crippen LogP contribution is 2.46. The summed E-state index contributed by atoms with van der Waals surface area (Å²) in [7, 11) is 0. The van der Waals surface area contributed by atoms with E-state index in [4.69, 9.17) is 0 Å². The minimum atomic E-state index is -0.346. The number of aromatic nitrogens is 1. The fraction of sp³-hybridized carbons (Fsp3) is 0.0741. The van der Waals surface area contributed by atoms with Gasteiger partial charge in [-0.15, -0.1) is 0 Å². The van der Waals surface area contributed by atoms with Gasteiger partial charge in [0.25, 0.3) is 11.8 Å². The summed E-state index contributed by atoms with van der Waals surface area (Å²) in [6.45, 7) is 8.54. The van der Waals surface area contributed by atoms with E-state index in [2.05, 4.69) is 111 Å².